The van der Waals surface area contributed by atoms with Crippen LogP contribution in [0.3, 0.4) is 0 Å². The van der Waals surface area contributed by atoms with Gasteiger partial charge in [-0.05, 0) is 38.8 Å². The molecule has 2 aliphatic rings. The maximum Gasteiger partial charge on any atom is 0.325 e. The fourth-order valence-electron chi connectivity index (χ4n) is 2.80. The van der Waals surface area contributed by atoms with Crippen LogP contribution in [0, 0.1) is 0 Å². The molecule has 6 heteroatoms. The number of urea groups is 1. The number of hydrogen-bond acceptors (Lipinski definition) is 4. The Balaban J connectivity index is 2.14. The first kappa shape index (κ1) is 14.3. The van der Waals surface area contributed by atoms with Gasteiger partial charge in [-0.1, -0.05) is 13.8 Å². The number of nitrogens with two attached hydrogens (primary N) is 1. The third-order valence-electron chi connectivity index (χ3n) is 4.58. The zero-order valence-electron chi connectivity index (χ0n) is 11.8. The molecule has 0 saturated carbocycles. The first-order chi connectivity index (χ1) is 8.96. The lowest BCUT2D eigenvalue weighted by Crippen LogP contribution is -2.55. The molecular weight excluding hydrogens is 244 g/mol. The van der Waals surface area contributed by atoms with E-state index in [0.29, 0.717) is 19.4 Å². The normalized spacial score (nSPS) is 23.0. The molecule has 19 heavy (non-hydrogen) atoms. The summed E-state index contributed by atoms with van der Waals surface area (Å²) in [6, 6.07) is -0.288. The van der Waals surface area contributed by atoms with Gasteiger partial charge in [0.15, 0.2) is 0 Å². The number of nitrogens with one attached hydrogen (secondary N) is 2. The van der Waals surface area contributed by atoms with Gasteiger partial charge < -0.3 is 16.4 Å². The average molecular weight is 268 g/mol. The van der Waals surface area contributed by atoms with Gasteiger partial charge in [0.1, 0.15) is 5.54 Å². The van der Waals surface area contributed by atoms with Crippen LogP contribution in [0.2, 0.25) is 0 Å². The van der Waals surface area contributed by atoms with Crippen LogP contribution in [0.1, 0.15) is 39.5 Å². The monoisotopic (exact) mass is 268 g/mol. The first-order valence-electron chi connectivity index (χ1n) is 7.10. The van der Waals surface area contributed by atoms with Crippen molar-refractivity contribution >= 4 is 11.9 Å². The van der Waals surface area contributed by atoms with Crippen LogP contribution < -0.4 is 16.4 Å². The van der Waals surface area contributed by atoms with Gasteiger partial charge in [0.25, 0.3) is 5.91 Å². The molecule has 0 aromatic carbocycles. The van der Waals surface area contributed by atoms with Crippen molar-refractivity contribution in [2.45, 2.75) is 50.6 Å². The van der Waals surface area contributed by atoms with Crippen molar-refractivity contribution in [3.05, 3.63) is 0 Å². The minimum absolute atomic E-state index is 0.101. The lowest BCUT2D eigenvalue weighted by Gasteiger charge is -2.33. The van der Waals surface area contributed by atoms with E-state index in [0.717, 1.165) is 25.9 Å². The Morgan fingerprint density at radius 1 is 1.26 bits per heavy atom. The van der Waals surface area contributed by atoms with Crippen LogP contribution >= 0.6 is 0 Å². The smallest absolute Gasteiger partial charge is 0.324 e. The van der Waals surface area contributed by atoms with Crippen molar-refractivity contribution in [2.75, 3.05) is 19.6 Å². The summed E-state index contributed by atoms with van der Waals surface area (Å²) in [5.74, 6) is -0.101. The second kappa shape index (κ2) is 5.09. The second-order valence-corrected chi connectivity index (χ2v) is 5.72. The summed E-state index contributed by atoms with van der Waals surface area (Å²) >= 11 is 0. The highest BCUT2D eigenvalue weighted by molar-refractivity contribution is 6.07. The Labute approximate surface area is 114 Å². The topological polar surface area (TPSA) is 87.5 Å². The van der Waals surface area contributed by atoms with Crippen LogP contribution in [0.25, 0.3) is 0 Å². The predicted octanol–water partition coefficient (Wildman–Crippen LogP) is 0.178. The Kier molecular flexibility index (Phi) is 3.82. The zero-order chi connectivity index (χ0) is 14.1. The minimum Gasteiger partial charge on any atom is -0.324 e. The van der Waals surface area contributed by atoms with E-state index in [1.807, 2.05) is 13.8 Å². The van der Waals surface area contributed by atoms with Crippen molar-refractivity contribution in [1.29, 1.82) is 0 Å². The molecule has 108 valence electrons. The van der Waals surface area contributed by atoms with Crippen molar-refractivity contribution in [1.82, 2.24) is 15.5 Å². The predicted molar refractivity (Wildman–Crippen MR) is 72.6 cm³/mol. The molecule has 0 atom stereocenters. The molecule has 1 spiro atoms. The fourth-order valence-corrected chi connectivity index (χ4v) is 2.80. The molecule has 0 radical (unpaired) electrons. The number of piperidine rings is 1. The molecule has 2 heterocycles. The quantitative estimate of drug-likeness (QED) is 0.635. The number of carbonyl (C=O) groups excluding carboxylic acids is 2. The summed E-state index contributed by atoms with van der Waals surface area (Å²) in [7, 11) is 0. The van der Waals surface area contributed by atoms with Crippen LogP contribution in [0.5, 0.6) is 0 Å². The van der Waals surface area contributed by atoms with E-state index < -0.39 is 11.1 Å². The van der Waals surface area contributed by atoms with E-state index in [-0.39, 0.29) is 11.9 Å². The summed E-state index contributed by atoms with van der Waals surface area (Å²) in [5.41, 5.74) is 5.06. The minimum atomic E-state index is -0.690. The first-order valence-corrected chi connectivity index (χ1v) is 7.10. The second-order valence-electron chi connectivity index (χ2n) is 5.72. The number of imide groups is 1. The molecule has 2 fully saturated rings. The van der Waals surface area contributed by atoms with Crippen molar-refractivity contribution < 1.29 is 9.59 Å². The number of carbonyl (C=O) groups is 2. The number of nitrogens with zero attached hydrogens (tertiary/aromatic N) is 1. The summed E-state index contributed by atoms with van der Waals surface area (Å²) in [6.45, 7) is 5.80. The Bertz CT molecular complexity index is 373. The molecule has 0 aromatic heterocycles. The Morgan fingerprint density at radius 3 is 2.37 bits per heavy atom. The third kappa shape index (κ3) is 2.47. The van der Waals surface area contributed by atoms with Crippen LogP contribution in [0.4, 0.5) is 4.79 Å². The molecular formula is C13H24N4O2. The lowest BCUT2D eigenvalue weighted by molar-refractivity contribution is -0.132. The van der Waals surface area contributed by atoms with Gasteiger partial charge in [-0.3, -0.25) is 9.69 Å². The highest BCUT2D eigenvalue weighted by Gasteiger charge is 2.52. The molecule has 2 aliphatic heterocycles. The highest BCUT2D eigenvalue weighted by Crippen LogP contribution is 2.28. The number of rotatable bonds is 4. The van der Waals surface area contributed by atoms with Gasteiger partial charge in [0.2, 0.25) is 0 Å². The molecule has 0 unspecified atom stereocenters. The highest BCUT2D eigenvalue weighted by atomic mass is 16.2. The Morgan fingerprint density at radius 2 is 1.84 bits per heavy atom. The largest absolute Gasteiger partial charge is 0.325 e. The van der Waals surface area contributed by atoms with E-state index >= 15 is 0 Å². The SMILES string of the molecule is CCC(N)(CC)CN1C(=O)NC2(CCNCC2)C1=O. The van der Waals surface area contributed by atoms with E-state index in [2.05, 4.69) is 10.6 Å². The lowest BCUT2D eigenvalue weighted by atomic mass is 9.87. The van der Waals surface area contributed by atoms with E-state index in [4.69, 9.17) is 5.73 Å². The summed E-state index contributed by atoms with van der Waals surface area (Å²) in [5, 5.41) is 6.09. The number of hydrogen-bond donors (Lipinski definition) is 3. The molecule has 0 aliphatic carbocycles. The van der Waals surface area contributed by atoms with E-state index in [9.17, 15) is 9.59 Å². The van der Waals surface area contributed by atoms with Crippen molar-refractivity contribution in [3.63, 3.8) is 0 Å². The molecule has 0 bridgehead atoms. The van der Waals surface area contributed by atoms with Gasteiger partial charge >= 0.3 is 6.03 Å². The summed E-state index contributed by atoms with van der Waals surface area (Å²) in [6.07, 6.45) is 2.80. The fraction of sp³-hybridized carbons (Fsp3) is 0.846. The molecule has 2 saturated heterocycles. The van der Waals surface area contributed by atoms with Gasteiger partial charge in [-0.15, -0.1) is 0 Å². The maximum absolute atomic E-state index is 12.6. The summed E-state index contributed by atoms with van der Waals surface area (Å²) in [4.78, 5) is 26.0. The van der Waals surface area contributed by atoms with Crippen molar-refractivity contribution in [3.8, 4) is 0 Å². The molecule has 6 nitrogen and oxygen atoms in total. The molecule has 0 aromatic rings. The van der Waals surface area contributed by atoms with Crippen LogP contribution in [-0.2, 0) is 4.79 Å². The molecule has 3 amide bonds. The summed E-state index contributed by atoms with van der Waals surface area (Å²) < 4.78 is 0. The Hall–Kier alpha value is -1.14. The van der Waals surface area contributed by atoms with Crippen LogP contribution in [0.15, 0.2) is 0 Å². The van der Waals surface area contributed by atoms with E-state index in [1.165, 1.54) is 4.90 Å². The van der Waals surface area contributed by atoms with Gasteiger partial charge in [0.05, 0.1) is 0 Å². The van der Waals surface area contributed by atoms with Gasteiger partial charge in [-0.2, -0.15) is 0 Å². The average Bonchev–Trinajstić information content (AvgIpc) is 2.64. The molecule has 2 rings (SSSR count). The number of amides is 3. The van der Waals surface area contributed by atoms with Crippen LogP contribution in [-0.4, -0.2) is 47.6 Å². The third-order valence-corrected chi connectivity index (χ3v) is 4.58. The van der Waals surface area contributed by atoms with Gasteiger partial charge in [-0.25, -0.2) is 4.79 Å². The van der Waals surface area contributed by atoms with Gasteiger partial charge in [0, 0.05) is 12.1 Å². The van der Waals surface area contributed by atoms with Crippen molar-refractivity contribution in [2.24, 2.45) is 5.73 Å². The maximum atomic E-state index is 12.6. The standard InChI is InChI=1S/C13H24N4O2/c1-3-12(14,4-2)9-17-10(18)13(16-11(17)19)5-7-15-8-6-13/h15H,3-9,14H2,1-2H3,(H,16,19). The molecule has 4 N–H and O–H groups in total. The van der Waals surface area contributed by atoms with E-state index in [1.54, 1.807) is 0 Å². The zero-order valence-corrected chi connectivity index (χ0v) is 11.8.